The molecule has 3 saturated heterocycles. The van der Waals surface area contributed by atoms with Crippen molar-refractivity contribution in [3.8, 4) is 23.1 Å². The highest BCUT2D eigenvalue weighted by molar-refractivity contribution is 5.87. The highest BCUT2D eigenvalue weighted by atomic mass is 19.4. The van der Waals surface area contributed by atoms with Gasteiger partial charge >= 0.3 is 31.1 Å². The van der Waals surface area contributed by atoms with Gasteiger partial charge in [-0.25, -0.2) is 33.0 Å². The molecule has 7 rings (SSSR count). The van der Waals surface area contributed by atoms with Crippen molar-refractivity contribution in [1.82, 2.24) is 46.0 Å². The molecule has 5 heterocycles. The highest BCUT2D eigenvalue weighted by Gasteiger charge is 2.58. The standard InChI is InChI=1S/C54H62F10N10O8/c1-51(2,53(59,60)61)44(68-50(79)80-6)46(76)67-41(21-31-10-7-30(8-11-31)9-12-32-13-16-43(66-24-32)71-25-34-14-15-35(26-71)74(34)36-18-20-81-29-36)42(75)28-72(70-47(77)45(82-49(78)65-5)52(3,4)54(62,63)64)27-37-38(55)22-33(23-39(37)56)40-17-19-73(69-40)48(57)58/h7-8,10-11,13,16-17,19,22-24,34-36,41-42,44-45,48,75H,14-15,18,20-21,25-29H2,1-6H3,(H,65,78)(H,67,76)(H,68,79)(H,70,77)/t34-,35-,36+,41-,42-,44+,45+/m0/s1. The third kappa shape index (κ3) is 14.5. The lowest BCUT2D eigenvalue weighted by molar-refractivity contribution is -0.239. The van der Waals surface area contributed by atoms with Gasteiger partial charge in [0.25, 0.3) is 5.91 Å². The maximum atomic E-state index is 16.1. The van der Waals surface area contributed by atoms with E-state index in [1.54, 1.807) is 18.3 Å². The molecule has 0 spiro atoms. The minimum Gasteiger partial charge on any atom is -0.453 e. The molecule has 2 aromatic carbocycles. The summed E-state index contributed by atoms with van der Waals surface area (Å²) < 4.78 is 161. The van der Waals surface area contributed by atoms with Crippen LogP contribution in [0.5, 0.6) is 0 Å². The number of carbonyl (C=O) groups excluding carboxylic acids is 4. The number of hydrogen-bond acceptors (Lipinski definition) is 13. The number of aliphatic hydroxyl groups excluding tert-OH is 1. The summed E-state index contributed by atoms with van der Waals surface area (Å²) in [5.74, 6) is 0.714. The van der Waals surface area contributed by atoms with Crippen LogP contribution in [0.3, 0.4) is 0 Å². The number of nitrogens with one attached hydrogen (secondary N) is 4. The number of aromatic nitrogens is 3. The van der Waals surface area contributed by atoms with Crippen molar-refractivity contribution >= 4 is 29.8 Å². The van der Waals surface area contributed by atoms with Crippen molar-refractivity contribution in [2.75, 3.05) is 51.9 Å². The van der Waals surface area contributed by atoms with Crippen LogP contribution < -0.4 is 26.3 Å². The molecule has 3 fully saturated rings. The van der Waals surface area contributed by atoms with Gasteiger partial charge in [0, 0.05) is 92.6 Å². The molecule has 4 aromatic rings. The number of nitrogens with zero attached hydrogens (tertiary/aromatic N) is 6. The fourth-order valence-electron chi connectivity index (χ4n) is 9.96. The number of benzene rings is 2. The van der Waals surface area contributed by atoms with Crippen LogP contribution in [0.2, 0.25) is 0 Å². The molecule has 4 amide bonds. The summed E-state index contributed by atoms with van der Waals surface area (Å²) in [5.41, 5.74) is -4.54. The predicted molar refractivity (Wildman–Crippen MR) is 274 cm³/mol. The number of ether oxygens (including phenoxy) is 3. The van der Waals surface area contributed by atoms with E-state index >= 15 is 8.78 Å². The lowest BCUT2D eigenvalue weighted by atomic mass is 9.82. The number of hydrazine groups is 1. The lowest BCUT2D eigenvalue weighted by Crippen LogP contribution is -2.62. The number of halogens is 10. The van der Waals surface area contributed by atoms with E-state index < -0.39 is 115 Å². The van der Waals surface area contributed by atoms with Gasteiger partial charge in [-0.15, -0.1) is 0 Å². The van der Waals surface area contributed by atoms with Gasteiger partial charge in [-0.05, 0) is 101 Å². The first-order valence-corrected chi connectivity index (χ1v) is 25.9. The molecule has 7 atom stereocenters. The van der Waals surface area contributed by atoms with Gasteiger partial charge in [0.1, 0.15) is 28.9 Å². The third-order valence-electron chi connectivity index (χ3n) is 15.0. The number of alkyl halides is 8. The number of fused-ring (bicyclic) bond motifs is 2. The number of amides is 4. The quantitative estimate of drug-likeness (QED) is 0.0365. The summed E-state index contributed by atoms with van der Waals surface area (Å²) in [6.07, 6.45) is -13.1. The SMILES string of the molecule is CNC(=O)O[C@H](C(=O)NN(Cc1c(F)cc(-c2ccn(C(F)F)n2)cc1F)C[C@H](O)[C@H](Cc1ccc(C#Cc2ccc(N3C[C@@H]4CC[C@@H](C3)N4[C@@H]3CCOC3)nc2)cc1)NC(=O)[C@@H](NC(=O)OC)C(C)(C)C(F)(F)F)C(C)(C)C(F)(F)F. The van der Waals surface area contributed by atoms with Crippen molar-refractivity contribution in [2.24, 2.45) is 10.8 Å². The van der Waals surface area contributed by atoms with Gasteiger partial charge in [0.15, 0.2) is 6.10 Å². The van der Waals surface area contributed by atoms with Crippen molar-refractivity contribution < 1.29 is 82.4 Å². The Hall–Kier alpha value is -7.22. The number of piperazine rings is 1. The summed E-state index contributed by atoms with van der Waals surface area (Å²) in [6, 6.07) is 9.15. The Morgan fingerprint density at radius 2 is 1.45 bits per heavy atom. The highest BCUT2D eigenvalue weighted by Crippen LogP contribution is 2.43. The first-order valence-electron chi connectivity index (χ1n) is 25.9. The van der Waals surface area contributed by atoms with Gasteiger partial charge in [0.2, 0.25) is 5.91 Å². The van der Waals surface area contributed by atoms with Gasteiger partial charge in [0.05, 0.1) is 37.0 Å². The number of aliphatic hydroxyl groups is 1. The molecule has 3 aliphatic rings. The zero-order valence-corrected chi connectivity index (χ0v) is 45.3. The van der Waals surface area contributed by atoms with Crippen LogP contribution in [0.4, 0.5) is 59.3 Å². The zero-order chi connectivity index (χ0) is 60.1. The first kappa shape index (κ1) is 62.4. The number of methoxy groups -OCH3 is 1. The molecule has 82 heavy (non-hydrogen) atoms. The minimum atomic E-state index is -5.27. The average molecular weight is 1170 g/mol. The summed E-state index contributed by atoms with van der Waals surface area (Å²) in [5, 5.41) is 22.2. The topological polar surface area (TPSA) is 205 Å². The molecule has 3 aliphatic heterocycles. The Bertz CT molecular complexity index is 2930. The first-order chi connectivity index (χ1) is 38.5. The second kappa shape index (κ2) is 25.5. The smallest absolute Gasteiger partial charge is 0.407 e. The maximum Gasteiger partial charge on any atom is 0.407 e. The van der Waals surface area contributed by atoms with Crippen LogP contribution in [-0.4, -0.2) is 156 Å². The average Bonchev–Trinajstić information content (AvgIpc) is 3.82. The molecule has 18 nitrogen and oxygen atoms in total. The van der Waals surface area contributed by atoms with Crippen molar-refractivity contribution in [3.63, 3.8) is 0 Å². The van der Waals surface area contributed by atoms with Crippen LogP contribution in [0.25, 0.3) is 11.3 Å². The fraction of sp³-hybridized carbons (Fsp3) is 0.519. The number of anilines is 1. The number of rotatable bonds is 19. The van der Waals surface area contributed by atoms with E-state index in [-0.39, 0.29) is 21.5 Å². The summed E-state index contributed by atoms with van der Waals surface area (Å²) >= 11 is 0. The largest absolute Gasteiger partial charge is 0.453 e. The lowest BCUT2D eigenvalue weighted by Gasteiger charge is -2.44. The van der Waals surface area contributed by atoms with Crippen LogP contribution in [0, 0.1) is 34.3 Å². The van der Waals surface area contributed by atoms with Gasteiger partial charge in [-0.3, -0.25) is 19.9 Å². The molecule has 0 aliphatic carbocycles. The van der Waals surface area contributed by atoms with Crippen LogP contribution in [0.15, 0.2) is 67.0 Å². The summed E-state index contributed by atoms with van der Waals surface area (Å²) in [7, 11) is 1.79. The summed E-state index contributed by atoms with van der Waals surface area (Å²) in [4.78, 5) is 62.5. The Morgan fingerprint density at radius 3 is 1.99 bits per heavy atom. The van der Waals surface area contributed by atoms with E-state index in [0.29, 0.717) is 74.1 Å². The molecular weight excluding hydrogens is 1110 g/mol. The molecule has 446 valence electrons. The van der Waals surface area contributed by atoms with Crippen LogP contribution in [-0.2, 0) is 36.8 Å². The Labute approximate surface area is 465 Å². The van der Waals surface area contributed by atoms with E-state index in [1.807, 2.05) is 28.2 Å². The van der Waals surface area contributed by atoms with Gasteiger partial charge < -0.3 is 40.2 Å². The van der Waals surface area contributed by atoms with Crippen LogP contribution in [0.1, 0.15) is 75.8 Å². The Balaban J connectivity index is 1.18. The fourth-order valence-corrected chi connectivity index (χ4v) is 9.96. The number of hydrogen-bond donors (Lipinski definition) is 5. The second-order valence-corrected chi connectivity index (χ2v) is 21.3. The van der Waals surface area contributed by atoms with E-state index in [9.17, 15) is 59.4 Å². The molecule has 0 radical (unpaired) electrons. The molecule has 0 saturated carbocycles. The third-order valence-corrected chi connectivity index (χ3v) is 15.0. The van der Waals surface area contributed by atoms with E-state index in [2.05, 4.69) is 41.8 Å². The van der Waals surface area contributed by atoms with Crippen LogP contribution >= 0.6 is 0 Å². The monoisotopic (exact) mass is 1170 g/mol. The zero-order valence-electron chi connectivity index (χ0n) is 45.3. The second-order valence-electron chi connectivity index (χ2n) is 21.3. The van der Waals surface area contributed by atoms with Crippen molar-refractivity contribution in [2.45, 2.75) is 121 Å². The predicted octanol–water partition coefficient (Wildman–Crippen LogP) is 7.01. The molecule has 28 heteroatoms. The van der Waals surface area contributed by atoms with E-state index in [4.69, 9.17) is 9.47 Å². The Morgan fingerprint density at radius 1 is 0.829 bits per heavy atom. The van der Waals surface area contributed by atoms with Crippen molar-refractivity contribution in [1.29, 1.82) is 0 Å². The normalized spacial score (nSPS) is 19.2. The molecule has 5 N–H and O–H groups in total. The minimum absolute atomic E-state index is 0.198. The Kier molecular flexibility index (Phi) is 19.4. The number of carbonyl (C=O) groups is 4. The molecule has 0 unspecified atom stereocenters. The number of pyridine rings is 1. The molecule has 2 aromatic heterocycles. The van der Waals surface area contributed by atoms with E-state index in [0.717, 1.165) is 77.8 Å². The molecule has 2 bridgehead atoms. The number of alkyl carbamates (subject to hydrolysis) is 2. The van der Waals surface area contributed by atoms with E-state index in [1.165, 1.54) is 12.1 Å². The van der Waals surface area contributed by atoms with Crippen molar-refractivity contribution in [3.05, 3.63) is 101 Å². The van der Waals surface area contributed by atoms with Gasteiger partial charge in [-0.2, -0.15) is 40.2 Å². The van der Waals surface area contributed by atoms with Gasteiger partial charge in [-0.1, -0.05) is 24.0 Å². The maximum absolute atomic E-state index is 16.1. The molecular formula is C54H62F10N10O8. The summed E-state index contributed by atoms with van der Waals surface area (Å²) in [6.45, 7) is -0.0314.